The minimum absolute atomic E-state index is 0.0277. The van der Waals surface area contributed by atoms with E-state index >= 15 is 0 Å². The van der Waals surface area contributed by atoms with Crippen LogP contribution in [0.2, 0.25) is 5.02 Å². The Morgan fingerprint density at radius 1 is 1.27 bits per heavy atom. The molecule has 2 aromatic rings. The summed E-state index contributed by atoms with van der Waals surface area (Å²) < 4.78 is 5.45. The van der Waals surface area contributed by atoms with E-state index in [1.165, 1.54) is 16.2 Å². The van der Waals surface area contributed by atoms with Crippen LogP contribution in [0, 0.1) is 0 Å². The van der Waals surface area contributed by atoms with Gasteiger partial charge < -0.3 is 15.0 Å². The van der Waals surface area contributed by atoms with Crippen molar-refractivity contribution in [3.63, 3.8) is 0 Å². The van der Waals surface area contributed by atoms with Crippen molar-refractivity contribution in [2.75, 3.05) is 39.3 Å². The first kappa shape index (κ1) is 26.9. The number of hydrogen-bond acceptors (Lipinski definition) is 6. The maximum Gasteiger partial charge on any atom is 0.338 e. The third kappa shape index (κ3) is 5.89. The predicted octanol–water partition coefficient (Wildman–Crippen LogP) is 4.32. The monoisotopic (exact) mass is 542 g/mol. The quantitative estimate of drug-likeness (QED) is 0.397. The third-order valence-corrected chi connectivity index (χ3v) is 7.60. The minimum atomic E-state index is -0.708. The van der Waals surface area contributed by atoms with Crippen LogP contribution in [0.5, 0.6) is 0 Å². The number of thiophene rings is 1. The van der Waals surface area contributed by atoms with Gasteiger partial charge in [-0.1, -0.05) is 35.9 Å². The Labute approximate surface area is 226 Å². The fraction of sp³-hybridized carbons (Fsp3) is 0.370. The first-order valence-electron chi connectivity index (χ1n) is 12.2. The molecule has 1 aromatic heterocycles. The van der Waals surface area contributed by atoms with Crippen LogP contribution < -0.4 is 5.32 Å². The standard InChI is InChI=1S/C27H31ClN4O4S/c1-4-11-32-21(17-30-12-13-31(18(3)16-30)25(33)22-10-7-14-37-22)23(26(34)36-5-2)24(29-27(32)35)19-8-6-9-20(28)15-19/h4,6-10,14-15,18,24H,1,5,11-13,16-17H2,2-3H3,(H,29,35)/t18-,24+/m0/s1. The average Bonchev–Trinajstić information content (AvgIpc) is 3.41. The summed E-state index contributed by atoms with van der Waals surface area (Å²) in [7, 11) is 0. The van der Waals surface area contributed by atoms with Crippen LogP contribution in [0.1, 0.15) is 35.1 Å². The highest BCUT2D eigenvalue weighted by Crippen LogP contribution is 2.33. The first-order chi connectivity index (χ1) is 17.8. The van der Waals surface area contributed by atoms with Gasteiger partial charge in [0, 0.05) is 49.5 Å². The molecule has 1 aromatic carbocycles. The highest BCUT2D eigenvalue weighted by Gasteiger charge is 2.39. The van der Waals surface area contributed by atoms with Gasteiger partial charge in [-0.15, -0.1) is 17.9 Å². The Balaban J connectivity index is 1.67. The second-order valence-electron chi connectivity index (χ2n) is 8.98. The highest BCUT2D eigenvalue weighted by atomic mass is 35.5. The number of benzene rings is 1. The Morgan fingerprint density at radius 3 is 2.73 bits per heavy atom. The molecule has 0 spiro atoms. The molecule has 3 heterocycles. The Kier molecular flexibility index (Phi) is 8.68. The van der Waals surface area contributed by atoms with Crippen molar-refractivity contribution >= 4 is 40.8 Å². The Bertz CT molecular complexity index is 1200. The molecular weight excluding hydrogens is 512 g/mol. The zero-order valence-electron chi connectivity index (χ0n) is 21.0. The molecule has 2 aliphatic rings. The largest absolute Gasteiger partial charge is 0.463 e. The van der Waals surface area contributed by atoms with Crippen molar-refractivity contribution in [3.8, 4) is 0 Å². The summed E-state index contributed by atoms with van der Waals surface area (Å²) in [5.41, 5.74) is 1.63. The fourth-order valence-electron chi connectivity index (χ4n) is 4.81. The van der Waals surface area contributed by atoms with Gasteiger partial charge in [0.1, 0.15) is 0 Å². The summed E-state index contributed by atoms with van der Waals surface area (Å²) in [6.45, 7) is 10.1. The van der Waals surface area contributed by atoms with Gasteiger partial charge in [0.15, 0.2) is 0 Å². The van der Waals surface area contributed by atoms with Crippen molar-refractivity contribution in [2.24, 2.45) is 0 Å². The van der Waals surface area contributed by atoms with Crippen LogP contribution in [0.4, 0.5) is 4.79 Å². The number of hydrogen-bond donors (Lipinski definition) is 1. The van der Waals surface area contributed by atoms with Crippen molar-refractivity contribution in [1.29, 1.82) is 0 Å². The fourth-order valence-corrected chi connectivity index (χ4v) is 5.69. The molecular formula is C27H31ClN4O4S. The summed E-state index contributed by atoms with van der Waals surface area (Å²) >= 11 is 7.68. The number of carbonyl (C=O) groups is 3. The molecule has 37 heavy (non-hydrogen) atoms. The molecule has 0 saturated carbocycles. The van der Waals surface area contributed by atoms with E-state index in [0.29, 0.717) is 48.0 Å². The van der Waals surface area contributed by atoms with Crippen molar-refractivity contribution in [1.82, 2.24) is 20.0 Å². The number of nitrogens with zero attached hydrogens (tertiary/aromatic N) is 3. The minimum Gasteiger partial charge on any atom is -0.463 e. The van der Waals surface area contributed by atoms with Gasteiger partial charge >= 0.3 is 12.0 Å². The first-order valence-corrected chi connectivity index (χ1v) is 13.5. The predicted molar refractivity (Wildman–Crippen MR) is 145 cm³/mol. The van der Waals surface area contributed by atoms with Gasteiger partial charge in [-0.2, -0.15) is 0 Å². The molecule has 1 fully saturated rings. The molecule has 0 aliphatic carbocycles. The topological polar surface area (TPSA) is 82.2 Å². The van der Waals surface area contributed by atoms with Crippen molar-refractivity contribution in [2.45, 2.75) is 25.9 Å². The lowest BCUT2D eigenvalue weighted by atomic mass is 9.94. The number of halogens is 1. The molecule has 4 rings (SSSR count). The summed E-state index contributed by atoms with van der Waals surface area (Å²) in [5.74, 6) is -0.462. The van der Waals surface area contributed by atoms with Crippen LogP contribution in [0.3, 0.4) is 0 Å². The summed E-state index contributed by atoms with van der Waals surface area (Å²) in [5, 5.41) is 5.35. The number of urea groups is 1. The summed E-state index contributed by atoms with van der Waals surface area (Å²) in [6.07, 6.45) is 1.63. The van der Waals surface area contributed by atoms with Crippen LogP contribution in [-0.4, -0.2) is 78.0 Å². The number of esters is 1. The van der Waals surface area contributed by atoms with E-state index in [9.17, 15) is 14.4 Å². The summed E-state index contributed by atoms with van der Waals surface area (Å²) in [4.78, 5) is 45.8. The summed E-state index contributed by atoms with van der Waals surface area (Å²) in [6, 6.07) is 9.74. The molecule has 196 valence electrons. The normalized spacial score (nSPS) is 20.6. The molecule has 0 unspecified atom stereocenters. The van der Waals surface area contributed by atoms with Crippen LogP contribution in [0.25, 0.3) is 0 Å². The molecule has 0 radical (unpaired) electrons. The second kappa shape index (κ2) is 11.9. The van der Waals surface area contributed by atoms with Crippen LogP contribution in [0.15, 0.2) is 65.7 Å². The van der Waals surface area contributed by atoms with Gasteiger partial charge in [0.05, 0.1) is 23.1 Å². The SMILES string of the molecule is C=CCN1C(=O)N[C@H](c2cccc(Cl)c2)C(C(=O)OCC)=C1CN1CCN(C(=O)c2cccs2)[C@@H](C)C1. The van der Waals surface area contributed by atoms with Gasteiger partial charge in [0.2, 0.25) is 0 Å². The molecule has 0 bridgehead atoms. The molecule has 2 aliphatic heterocycles. The van der Waals surface area contributed by atoms with Gasteiger partial charge in [0.25, 0.3) is 5.91 Å². The lowest BCUT2D eigenvalue weighted by Gasteiger charge is -2.42. The maximum absolute atomic E-state index is 13.3. The Hall–Kier alpha value is -3.14. The van der Waals surface area contributed by atoms with E-state index in [0.717, 1.165) is 4.88 Å². The maximum atomic E-state index is 13.3. The lowest BCUT2D eigenvalue weighted by Crippen LogP contribution is -2.56. The number of carbonyl (C=O) groups excluding carboxylic acids is 3. The number of rotatable bonds is 8. The van der Waals surface area contributed by atoms with Crippen molar-refractivity contribution < 1.29 is 19.1 Å². The number of amides is 3. The van der Waals surface area contributed by atoms with E-state index < -0.39 is 12.0 Å². The van der Waals surface area contributed by atoms with E-state index in [2.05, 4.69) is 16.8 Å². The van der Waals surface area contributed by atoms with E-state index in [-0.39, 0.29) is 31.1 Å². The zero-order chi connectivity index (χ0) is 26.5. The van der Waals surface area contributed by atoms with E-state index in [4.69, 9.17) is 16.3 Å². The number of ether oxygens (including phenoxy) is 1. The van der Waals surface area contributed by atoms with Gasteiger partial charge in [-0.3, -0.25) is 14.6 Å². The zero-order valence-corrected chi connectivity index (χ0v) is 22.6. The molecule has 1 saturated heterocycles. The third-order valence-electron chi connectivity index (χ3n) is 6.51. The number of piperazine rings is 1. The smallest absolute Gasteiger partial charge is 0.338 e. The molecule has 10 heteroatoms. The molecule has 3 amide bonds. The highest BCUT2D eigenvalue weighted by molar-refractivity contribution is 7.12. The second-order valence-corrected chi connectivity index (χ2v) is 10.4. The Morgan fingerprint density at radius 2 is 2.08 bits per heavy atom. The average molecular weight is 543 g/mol. The number of nitrogens with one attached hydrogen (secondary N) is 1. The van der Waals surface area contributed by atoms with Gasteiger partial charge in [-0.05, 0) is 43.0 Å². The molecule has 8 nitrogen and oxygen atoms in total. The van der Waals surface area contributed by atoms with Crippen LogP contribution >= 0.6 is 22.9 Å². The molecule has 2 atom stereocenters. The van der Waals surface area contributed by atoms with E-state index in [1.807, 2.05) is 35.4 Å². The van der Waals surface area contributed by atoms with Gasteiger partial charge in [-0.25, -0.2) is 9.59 Å². The van der Waals surface area contributed by atoms with Crippen molar-refractivity contribution in [3.05, 3.63) is 81.2 Å². The lowest BCUT2D eigenvalue weighted by molar-refractivity contribution is -0.139. The van der Waals surface area contributed by atoms with E-state index in [1.54, 1.807) is 31.2 Å². The molecule has 1 N–H and O–H groups in total. The van der Waals surface area contributed by atoms with Crippen LogP contribution in [-0.2, 0) is 9.53 Å².